The van der Waals surface area contributed by atoms with Crippen LogP contribution in [-0.4, -0.2) is 38.7 Å². The number of unbranched alkanes of at least 4 members (excludes halogenated alkanes) is 1. The van der Waals surface area contributed by atoms with E-state index < -0.39 is 12.9 Å². The van der Waals surface area contributed by atoms with Gasteiger partial charge in [-0.05, 0) is 59.5 Å². The lowest BCUT2D eigenvalue weighted by Gasteiger charge is -2.43. The summed E-state index contributed by atoms with van der Waals surface area (Å²) < 4.78 is 22.7. The van der Waals surface area contributed by atoms with E-state index in [0.717, 1.165) is 36.0 Å². The molecule has 0 heterocycles. The van der Waals surface area contributed by atoms with Gasteiger partial charge in [-0.15, -0.1) is 0 Å². The zero-order valence-corrected chi connectivity index (χ0v) is 20.2. The lowest BCUT2D eigenvalue weighted by atomic mass is 9.70. The van der Waals surface area contributed by atoms with Gasteiger partial charge in [0.05, 0.1) is 21.3 Å². The fraction of sp³-hybridized carbons (Fsp3) is 0.333. The number of methoxy groups -OCH3 is 3. The third kappa shape index (κ3) is 5.55. The molecule has 0 bridgehead atoms. The van der Waals surface area contributed by atoms with Crippen LogP contribution >= 0.6 is 0 Å². The second-order valence-corrected chi connectivity index (χ2v) is 8.12. The maximum atomic E-state index is 10.2. The number of ether oxygens (including phenoxy) is 3. The van der Waals surface area contributed by atoms with Crippen LogP contribution in [-0.2, 0) is 10.3 Å². The molecule has 0 aliphatic carbocycles. The van der Waals surface area contributed by atoms with Gasteiger partial charge < -0.3 is 28.9 Å². The van der Waals surface area contributed by atoms with E-state index in [-0.39, 0.29) is 5.92 Å². The van der Waals surface area contributed by atoms with Crippen LogP contribution in [0.1, 0.15) is 48.8 Å². The van der Waals surface area contributed by atoms with E-state index in [2.05, 4.69) is 6.92 Å². The molecule has 1 atom stereocenters. The zero-order valence-electron chi connectivity index (χ0n) is 20.2. The summed E-state index contributed by atoms with van der Waals surface area (Å²) in [5, 5.41) is 20.5. The van der Waals surface area contributed by atoms with Crippen LogP contribution in [0.3, 0.4) is 0 Å². The standard InChI is InChI=1S/C27H33BO6/c1-5-6-16-26(20-10-7-13-23(17-20)31-2)27(34-28(29)30,21-11-8-14-24(18-21)32-3)22-12-9-15-25(19-22)33-4/h7-15,17-19,26,29-30H,5-6,16H2,1-4H3. The summed E-state index contributed by atoms with van der Waals surface area (Å²) in [6.45, 7) is 2.13. The Hall–Kier alpha value is -3.00. The molecule has 0 aromatic heterocycles. The summed E-state index contributed by atoms with van der Waals surface area (Å²) >= 11 is 0. The predicted molar refractivity (Wildman–Crippen MR) is 133 cm³/mol. The highest BCUT2D eigenvalue weighted by molar-refractivity contribution is 6.32. The van der Waals surface area contributed by atoms with Gasteiger partial charge in [-0.25, -0.2) is 0 Å². The van der Waals surface area contributed by atoms with Gasteiger partial charge in [-0.2, -0.15) is 0 Å². The molecule has 0 spiro atoms. The molecule has 0 fully saturated rings. The summed E-state index contributed by atoms with van der Waals surface area (Å²) in [6, 6.07) is 22.9. The van der Waals surface area contributed by atoms with Crippen molar-refractivity contribution in [2.75, 3.05) is 21.3 Å². The summed E-state index contributed by atoms with van der Waals surface area (Å²) in [5.41, 5.74) is 1.16. The average Bonchev–Trinajstić information content (AvgIpc) is 2.88. The first-order valence-corrected chi connectivity index (χ1v) is 11.5. The van der Waals surface area contributed by atoms with Gasteiger partial charge in [0.15, 0.2) is 0 Å². The van der Waals surface area contributed by atoms with Crippen molar-refractivity contribution in [1.29, 1.82) is 0 Å². The normalized spacial score (nSPS) is 12.2. The molecule has 0 aliphatic rings. The van der Waals surface area contributed by atoms with Crippen molar-refractivity contribution in [3.63, 3.8) is 0 Å². The molecule has 3 aromatic carbocycles. The van der Waals surface area contributed by atoms with Gasteiger partial charge in [0.25, 0.3) is 0 Å². The van der Waals surface area contributed by atoms with Gasteiger partial charge in [-0.1, -0.05) is 56.2 Å². The molecule has 0 amide bonds. The summed E-state index contributed by atoms with van der Waals surface area (Å²) in [6.07, 6.45) is 2.60. The maximum Gasteiger partial charge on any atom is 0.634 e. The van der Waals surface area contributed by atoms with Gasteiger partial charge in [0.1, 0.15) is 22.8 Å². The molecule has 7 heteroatoms. The molecule has 180 valence electrons. The SMILES string of the molecule is CCCCC(c1cccc(OC)c1)C(OB(O)O)(c1cccc(OC)c1)c1cccc(OC)c1. The first-order chi connectivity index (χ1) is 16.5. The van der Waals surface area contributed by atoms with Crippen molar-refractivity contribution in [2.24, 2.45) is 0 Å². The minimum absolute atomic E-state index is 0.288. The molecule has 0 radical (unpaired) electrons. The Bertz CT molecular complexity index is 1010. The zero-order chi connectivity index (χ0) is 24.6. The third-order valence-electron chi connectivity index (χ3n) is 6.12. The average molecular weight is 464 g/mol. The second-order valence-electron chi connectivity index (χ2n) is 8.12. The second kappa shape index (κ2) is 11.9. The Morgan fingerprint density at radius 2 is 1.26 bits per heavy atom. The third-order valence-corrected chi connectivity index (χ3v) is 6.12. The fourth-order valence-electron chi connectivity index (χ4n) is 4.53. The van der Waals surface area contributed by atoms with Crippen molar-refractivity contribution in [3.05, 3.63) is 89.5 Å². The molecule has 0 saturated carbocycles. The summed E-state index contributed by atoms with van der Waals surface area (Å²) in [7, 11) is 2.81. The number of benzene rings is 3. The Kier molecular flexibility index (Phi) is 8.99. The van der Waals surface area contributed by atoms with Crippen LogP contribution in [0.2, 0.25) is 0 Å². The lowest BCUT2D eigenvalue weighted by Crippen LogP contribution is -2.43. The van der Waals surface area contributed by atoms with Crippen LogP contribution in [0.5, 0.6) is 17.2 Å². The highest BCUT2D eigenvalue weighted by Gasteiger charge is 2.46. The van der Waals surface area contributed by atoms with Crippen molar-refractivity contribution in [2.45, 2.75) is 37.7 Å². The molecule has 2 N–H and O–H groups in total. The molecule has 34 heavy (non-hydrogen) atoms. The molecule has 3 rings (SSSR count). The maximum absolute atomic E-state index is 10.2. The Morgan fingerprint density at radius 3 is 1.74 bits per heavy atom. The molecule has 0 saturated heterocycles. The highest BCUT2D eigenvalue weighted by Crippen LogP contribution is 2.50. The minimum Gasteiger partial charge on any atom is -0.497 e. The van der Waals surface area contributed by atoms with Gasteiger partial charge in [0, 0.05) is 5.92 Å². The quantitative estimate of drug-likeness (QED) is 0.371. The molecule has 0 aliphatic heterocycles. The largest absolute Gasteiger partial charge is 0.634 e. The molecule has 6 nitrogen and oxygen atoms in total. The summed E-state index contributed by atoms with van der Waals surface area (Å²) in [4.78, 5) is 0. The number of hydrogen-bond acceptors (Lipinski definition) is 6. The van der Waals surface area contributed by atoms with Gasteiger partial charge in [-0.3, -0.25) is 0 Å². The van der Waals surface area contributed by atoms with Crippen molar-refractivity contribution >= 4 is 7.32 Å². The molecular formula is C27H33BO6. The van der Waals surface area contributed by atoms with Gasteiger partial charge >= 0.3 is 7.32 Å². The van der Waals surface area contributed by atoms with E-state index in [4.69, 9.17) is 18.9 Å². The minimum atomic E-state index is -2.02. The van der Waals surface area contributed by atoms with E-state index in [1.54, 1.807) is 21.3 Å². The van der Waals surface area contributed by atoms with Crippen molar-refractivity contribution < 1.29 is 28.9 Å². The van der Waals surface area contributed by atoms with Crippen LogP contribution < -0.4 is 14.2 Å². The topological polar surface area (TPSA) is 77.4 Å². The van der Waals surface area contributed by atoms with Crippen molar-refractivity contribution in [1.82, 2.24) is 0 Å². The lowest BCUT2D eigenvalue weighted by molar-refractivity contribution is 0.0220. The van der Waals surface area contributed by atoms with Crippen molar-refractivity contribution in [3.8, 4) is 17.2 Å². The highest BCUT2D eigenvalue weighted by atomic mass is 16.6. The monoisotopic (exact) mass is 464 g/mol. The van der Waals surface area contributed by atoms with Crippen LogP contribution in [0.4, 0.5) is 0 Å². The van der Waals surface area contributed by atoms with E-state index in [1.165, 1.54) is 0 Å². The fourth-order valence-corrected chi connectivity index (χ4v) is 4.53. The molecule has 1 unspecified atom stereocenters. The number of rotatable bonds is 12. The molecular weight excluding hydrogens is 431 g/mol. The van der Waals surface area contributed by atoms with E-state index in [0.29, 0.717) is 17.2 Å². The molecule has 3 aromatic rings. The van der Waals surface area contributed by atoms with E-state index >= 15 is 0 Å². The number of hydrogen-bond donors (Lipinski definition) is 2. The Morgan fingerprint density at radius 1 is 0.765 bits per heavy atom. The smallest absolute Gasteiger partial charge is 0.497 e. The van der Waals surface area contributed by atoms with Crippen LogP contribution in [0.25, 0.3) is 0 Å². The van der Waals surface area contributed by atoms with Gasteiger partial charge in [0.2, 0.25) is 0 Å². The first kappa shape index (κ1) is 25.6. The Balaban J connectivity index is 2.38. The van der Waals surface area contributed by atoms with Crippen LogP contribution in [0.15, 0.2) is 72.8 Å². The van der Waals surface area contributed by atoms with E-state index in [9.17, 15) is 10.0 Å². The van der Waals surface area contributed by atoms with Crippen LogP contribution in [0, 0.1) is 0 Å². The van der Waals surface area contributed by atoms with E-state index in [1.807, 2.05) is 72.8 Å². The Labute approximate surface area is 202 Å². The summed E-state index contributed by atoms with van der Waals surface area (Å²) in [5.74, 6) is 1.71. The predicted octanol–water partition coefficient (Wildman–Crippen LogP) is 4.92. The first-order valence-electron chi connectivity index (χ1n) is 11.5.